The van der Waals surface area contributed by atoms with Crippen molar-refractivity contribution in [2.75, 3.05) is 5.32 Å². The van der Waals surface area contributed by atoms with Crippen molar-refractivity contribution in [2.24, 2.45) is 0 Å². The molecule has 0 fully saturated rings. The molecule has 0 radical (unpaired) electrons. The molecule has 68 valence electrons. The van der Waals surface area contributed by atoms with E-state index in [0.29, 0.717) is 11.3 Å². The van der Waals surface area contributed by atoms with Gasteiger partial charge in [-0.25, -0.2) is 4.39 Å². The van der Waals surface area contributed by atoms with Crippen LogP contribution in [0.2, 0.25) is 0 Å². The molecule has 0 bridgehead atoms. The van der Waals surface area contributed by atoms with Gasteiger partial charge >= 0.3 is 0 Å². The maximum absolute atomic E-state index is 13.0. The van der Waals surface area contributed by atoms with Crippen molar-refractivity contribution in [1.29, 1.82) is 5.26 Å². The highest BCUT2D eigenvalue weighted by Crippen LogP contribution is 2.14. The van der Waals surface area contributed by atoms with Crippen LogP contribution in [0.15, 0.2) is 18.2 Å². The van der Waals surface area contributed by atoms with Crippen LogP contribution in [0.1, 0.15) is 12.5 Å². The predicted octanol–water partition coefficient (Wildman–Crippen LogP) is 2.46. The SMILES string of the molecule is Cc1ccc(NC(C)C#N)cc1F. The first-order chi connectivity index (χ1) is 6.13. The van der Waals surface area contributed by atoms with Gasteiger partial charge in [-0.3, -0.25) is 0 Å². The largest absolute Gasteiger partial charge is 0.370 e. The molecule has 1 atom stereocenters. The van der Waals surface area contributed by atoms with Crippen LogP contribution >= 0.6 is 0 Å². The van der Waals surface area contributed by atoms with Gasteiger partial charge in [0.25, 0.3) is 0 Å². The number of aryl methyl sites for hydroxylation is 1. The second-order valence-corrected chi connectivity index (χ2v) is 2.96. The monoisotopic (exact) mass is 178 g/mol. The van der Waals surface area contributed by atoms with Crippen molar-refractivity contribution in [3.63, 3.8) is 0 Å². The summed E-state index contributed by atoms with van der Waals surface area (Å²) in [7, 11) is 0. The summed E-state index contributed by atoms with van der Waals surface area (Å²) in [6, 6.07) is 6.54. The standard InChI is InChI=1S/C10H11FN2/c1-7-3-4-9(5-10(7)11)13-8(2)6-12/h3-5,8,13H,1-2H3. The molecule has 0 aliphatic carbocycles. The van der Waals surface area contributed by atoms with Crippen LogP contribution in [-0.2, 0) is 0 Å². The Morgan fingerprint density at radius 1 is 1.54 bits per heavy atom. The second-order valence-electron chi connectivity index (χ2n) is 2.96. The summed E-state index contributed by atoms with van der Waals surface area (Å²) in [5.74, 6) is -0.255. The number of benzene rings is 1. The van der Waals surface area contributed by atoms with Crippen LogP contribution in [-0.4, -0.2) is 6.04 Å². The molecule has 0 aliphatic rings. The first-order valence-electron chi connectivity index (χ1n) is 4.06. The lowest BCUT2D eigenvalue weighted by Crippen LogP contribution is -2.11. The zero-order valence-corrected chi connectivity index (χ0v) is 7.63. The molecule has 1 unspecified atom stereocenters. The van der Waals surface area contributed by atoms with Gasteiger partial charge in [-0.15, -0.1) is 0 Å². The third kappa shape index (κ3) is 2.45. The Labute approximate surface area is 77.0 Å². The summed E-state index contributed by atoms with van der Waals surface area (Å²) in [6.45, 7) is 3.42. The minimum absolute atomic E-state index is 0.255. The van der Waals surface area contributed by atoms with E-state index in [1.807, 2.05) is 6.07 Å². The zero-order valence-electron chi connectivity index (χ0n) is 7.63. The lowest BCUT2D eigenvalue weighted by molar-refractivity contribution is 0.619. The molecule has 1 aromatic rings. The summed E-state index contributed by atoms with van der Waals surface area (Å²) in [4.78, 5) is 0. The van der Waals surface area contributed by atoms with Gasteiger partial charge in [0.05, 0.1) is 6.07 Å². The molecule has 3 heteroatoms. The van der Waals surface area contributed by atoms with E-state index in [9.17, 15) is 4.39 Å². The first-order valence-corrected chi connectivity index (χ1v) is 4.06. The Bertz CT molecular complexity index is 341. The molecule has 13 heavy (non-hydrogen) atoms. The van der Waals surface area contributed by atoms with Crippen molar-refractivity contribution in [1.82, 2.24) is 0 Å². The van der Waals surface area contributed by atoms with Crippen LogP contribution in [0.5, 0.6) is 0 Å². The third-order valence-electron chi connectivity index (χ3n) is 1.75. The Morgan fingerprint density at radius 3 is 2.77 bits per heavy atom. The average Bonchev–Trinajstić information content (AvgIpc) is 2.11. The highest BCUT2D eigenvalue weighted by Gasteiger charge is 2.01. The van der Waals surface area contributed by atoms with Gasteiger partial charge in [0.1, 0.15) is 11.9 Å². The van der Waals surface area contributed by atoms with Crippen LogP contribution < -0.4 is 5.32 Å². The maximum atomic E-state index is 13.0. The summed E-state index contributed by atoms with van der Waals surface area (Å²) in [5, 5.41) is 11.4. The molecule has 1 rings (SSSR count). The zero-order chi connectivity index (χ0) is 9.84. The highest BCUT2D eigenvalue weighted by atomic mass is 19.1. The molecule has 0 saturated carbocycles. The molecule has 1 aromatic carbocycles. The Hall–Kier alpha value is -1.56. The molecule has 1 N–H and O–H groups in total. The molecule has 0 spiro atoms. The number of hydrogen-bond donors (Lipinski definition) is 1. The highest BCUT2D eigenvalue weighted by molar-refractivity contribution is 5.46. The molecule has 0 saturated heterocycles. The van der Waals surface area contributed by atoms with Crippen molar-refractivity contribution in [2.45, 2.75) is 19.9 Å². The summed E-state index contributed by atoms with van der Waals surface area (Å²) in [6.07, 6.45) is 0. The van der Waals surface area contributed by atoms with Crippen LogP contribution in [0.4, 0.5) is 10.1 Å². The van der Waals surface area contributed by atoms with E-state index >= 15 is 0 Å². The van der Waals surface area contributed by atoms with E-state index in [1.54, 1.807) is 26.0 Å². The van der Waals surface area contributed by atoms with Crippen molar-refractivity contribution in [3.8, 4) is 6.07 Å². The van der Waals surface area contributed by atoms with E-state index < -0.39 is 0 Å². The number of anilines is 1. The first kappa shape index (κ1) is 9.53. The van der Waals surface area contributed by atoms with E-state index in [0.717, 1.165) is 0 Å². The van der Waals surface area contributed by atoms with Gasteiger partial charge in [-0.05, 0) is 31.5 Å². The number of nitriles is 1. The predicted molar refractivity (Wildman–Crippen MR) is 49.8 cm³/mol. The van der Waals surface area contributed by atoms with Gasteiger partial charge in [0.15, 0.2) is 0 Å². The van der Waals surface area contributed by atoms with E-state index in [1.165, 1.54) is 6.07 Å². The van der Waals surface area contributed by atoms with E-state index in [-0.39, 0.29) is 11.9 Å². The smallest absolute Gasteiger partial charge is 0.128 e. The van der Waals surface area contributed by atoms with Crippen molar-refractivity contribution in [3.05, 3.63) is 29.6 Å². The fourth-order valence-electron chi connectivity index (χ4n) is 0.965. The van der Waals surface area contributed by atoms with Crippen molar-refractivity contribution < 1.29 is 4.39 Å². The van der Waals surface area contributed by atoms with Gasteiger partial charge in [-0.2, -0.15) is 5.26 Å². The number of hydrogen-bond acceptors (Lipinski definition) is 2. The summed E-state index contributed by atoms with van der Waals surface area (Å²) < 4.78 is 13.0. The lowest BCUT2D eigenvalue weighted by Gasteiger charge is -2.08. The lowest BCUT2D eigenvalue weighted by atomic mass is 10.2. The second kappa shape index (κ2) is 3.90. The molecule has 0 heterocycles. The molecule has 2 nitrogen and oxygen atoms in total. The topological polar surface area (TPSA) is 35.8 Å². The van der Waals surface area contributed by atoms with Crippen LogP contribution in [0, 0.1) is 24.1 Å². The van der Waals surface area contributed by atoms with Crippen LogP contribution in [0.3, 0.4) is 0 Å². The molecular formula is C10H11FN2. The van der Waals surface area contributed by atoms with Gasteiger partial charge in [-0.1, -0.05) is 6.07 Å². The number of rotatable bonds is 2. The molecular weight excluding hydrogens is 167 g/mol. The number of nitrogens with one attached hydrogen (secondary N) is 1. The fraction of sp³-hybridized carbons (Fsp3) is 0.300. The summed E-state index contributed by atoms with van der Waals surface area (Å²) >= 11 is 0. The van der Waals surface area contributed by atoms with E-state index in [4.69, 9.17) is 5.26 Å². The number of halogens is 1. The third-order valence-corrected chi connectivity index (χ3v) is 1.75. The average molecular weight is 178 g/mol. The molecule has 0 aliphatic heterocycles. The minimum atomic E-state index is -0.304. The van der Waals surface area contributed by atoms with E-state index in [2.05, 4.69) is 5.32 Å². The molecule has 0 amide bonds. The fourth-order valence-corrected chi connectivity index (χ4v) is 0.965. The normalized spacial score (nSPS) is 11.8. The van der Waals surface area contributed by atoms with Gasteiger partial charge < -0.3 is 5.32 Å². The van der Waals surface area contributed by atoms with Gasteiger partial charge in [0, 0.05) is 5.69 Å². The minimum Gasteiger partial charge on any atom is -0.370 e. The summed E-state index contributed by atoms with van der Waals surface area (Å²) in [5.41, 5.74) is 1.24. The Kier molecular flexibility index (Phi) is 2.86. The number of nitrogens with zero attached hydrogens (tertiary/aromatic N) is 1. The Morgan fingerprint density at radius 2 is 2.23 bits per heavy atom. The van der Waals surface area contributed by atoms with Crippen LogP contribution in [0.25, 0.3) is 0 Å². The maximum Gasteiger partial charge on any atom is 0.128 e. The van der Waals surface area contributed by atoms with Gasteiger partial charge in [0.2, 0.25) is 0 Å². The molecule has 0 aromatic heterocycles. The quantitative estimate of drug-likeness (QED) is 0.755. The van der Waals surface area contributed by atoms with Crippen molar-refractivity contribution >= 4 is 5.69 Å². The Balaban J connectivity index is 2.81.